The number of aliphatic hydroxyl groups excluding tert-OH is 1. The normalized spacial score (nSPS) is 49.8. The maximum atomic E-state index is 13.4. The standard InChI is InChI=1S/C32H47NO4/c1-27(2)11-13-32(26(36)37-8)14-12-31(7)24(20(32)17-27)21(34)15-23-29(5)16-19(18-33)25(35)28(3,4)22(29)9-10-30(23,31)6/h16,20-24,34H,9-15,17H2,1-8H3/t20-,21-,22-,23+,24-,29-,30+,31+,32-/m0/s1. The van der Waals surface area contributed by atoms with Crippen molar-refractivity contribution in [2.45, 2.75) is 106 Å². The van der Waals surface area contributed by atoms with Crippen LogP contribution in [-0.2, 0) is 14.3 Å². The summed E-state index contributed by atoms with van der Waals surface area (Å²) in [5, 5.41) is 22.0. The van der Waals surface area contributed by atoms with Crippen LogP contribution in [0.5, 0.6) is 0 Å². The number of carbonyl (C=O) groups is 2. The van der Waals surface area contributed by atoms with Crippen molar-refractivity contribution in [1.82, 2.24) is 0 Å². The Kier molecular flexibility index (Phi) is 5.77. The van der Waals surface area contributed by atoms with Crippen LogP contribution in [0.4, 0.5) is 0 Å². The van der Waals surface area contributed by atoms with Gasteiger partial charge in [0.05, 0.1) is 24.2 Å². The second kappa shape index (κ2) is 7.93. The van der Waals surface area contributed by atoms with E-state index in [1.807, 2.05) is 19.9 Å². The van der Waals surface area contributed by atoms with E-state index in [1.165, 1.54) is 7.11 Å². The SMILES string of the molecule is COC(=O)[C@]12CCC(C)(C)C[C@H]1[C@H]1[C@@H](O)C[C@@H]3[C@@]4(C)C=C(C#N)C(=O)C(C)(C)[C@@H]4CC[C@@]3(C)[C@]1(C)CC2. The van der Waals surface area contributed by atoms with E-state index in [2.05, 4.69) is 40.7 Å². The van der Waals surface area contributed by atoms with Crippen molar-refractivity contribution in [2.75, 3.05) is 7.11 Å². The van der Waals surface area contributed by atoms with Gasteiger partial charge in [0.15, 0.2) is 5.78 Å². The maximum absolute atomic E-state index is 13.4. The zero-order valence-electron chi connectivity index (χ0n) is 24.2. The summed E-state index contributed by atoms with van der Waals surface area (Å²) >= 11 is 0. The fourth-order valence-electron chi connectivity index (χ4n) is 11.2. The highest BCUT2D eigenvalue weighted by atomic mass is 16.5. The summed E-state index contributed by atoms with van der Waals surface area (Å²) in [5.41, 5.74) is -1.25. The molecular weight excluding hydrogens is 462 g/mol. The Hall–Kier alpha value is -1.67. The molecule has 0 saturated heterocycles. The molecule has 0 aromatic rings. The lowest BCUT2D eigenvalue weighted by atomic mass is 9.31. The predicted octanol–water partition coefficient (Wildman–Crippen LogP) is 6.25. The Labute approximate surface area is 223 Å². The first kappa shape index (κ1) is 26.9. The fourth-order valence-corrected chi connectivity index (χ4v) is 11.2. The first-order valence-corrected chi connectivity index (χ1v) is 14.5. The van der Waals surface area contributed by atoms with Crippen molar-refractivity contribution in [2.24, 2.45) is 56.2 Å². The number of esters is 1. The van der Waals surface area contributed by atoms with Crippen LogP contribution in [-0.4, -0.2) is 30.1 Å². The van der Waals surface area contributed by atoms with Gasteiger partial charge in [0.25, 0.3) is 0 Å². The van der Waals surface area contributed by atoms with Gasteiger partial charge in [0.1, 0.15) is 6.07 Å². The number of rotatable bonds is 1. The Morgan fingerprint density at radius 2 is 1.65 bits per heavy atom. The molecule has 37 heavy (non-hydrogen) atoms. The van der Waals surface area contributed by atoms with E-state index in [9.17, 15) is 20.0 Å². The molecule has 0 aromatic heterocycles. The highest BCUT2D eigenvalue weighted by molar-refractivity contribution is 6.04. The van der Waals surface area contributed by atoms with Crippen LogP contribution >= 0.6 is 0 Å². The third-order valence-corrected chi connectivity index (χ3v) is 13.3. The molecule has 4 fully saturated rings. The van der Waals surface area contributed by atoms with E-state index in [0.717, 1.165) is 44.9 Å². The summed E-state index contributed by atoms with van der Waals surface area (Å²) in [6.07, 6.45) is 8.54. The minimum atomic E-state index is -0.599. The number of Topliss-reactive ketones (excluding diaryl/α,β-unsaturated/α-hetero) is 1. The van der Waals surface area contributed by atoms with E-state index in [0.29, 0.717) is 6.42 Å². The topological polar surface area (TPSA) is 87.4 Å². The number of hydrogen-bond acceptors (Lipinski definition) is 5. The largest absolute Gasteiger partial charge is 0.469 e. The van der Waals surface area contributed by atoms with Crippen LogP contribution in [0.2, 0.25) is 0 Å². The molecule has 0 unspecified atom stereocenters. The van der Waals surface area contributed by atoms with Crippen molar-refractivity contribution in [3.05, 3.63) is 11.6 Å². The molecule has 0 aromatic carbocycles. The number of hydrogen-bond donors (Lipinski definition) is 1. The maximum Gasteiger partial charge on any atom is 0.312 e. The molecule has 4 saturated carbocycles. The van der Waals surface area contributed by atoms with Crippen molar-refractivity contribution >= 4 is 11.8 Å². The molecule has 5 rings (SSSR count). The monoisotopic (exact) mass is 509 g/mol. The van der Waals surface area contributed by atoms with Crippen molar-refractivity contribution in [3.8, 4) is 6.07 Å². The first-order chi connectivity index (χ1) is 17.0. The van der Waals surface area contributed by atoms with Crippen LogP contribution < -0.4 is 0 Å². The average molecular weight is 510 g/mol. The molecule has 1 N–H and O–H groups in total. The molecular formula is C32H47NO4. The summed E-state index contributed by atoms with van der Waals surface area (Å²) in [4.78, 5) is 26.7. The Balaban J connectivity index is 1.64. The number of ether oxygens (including phenoxy) is 1. The number of nitriles is 1. The van der Waals surface area contributed by atoms with Crippen LogP contribution in [0.15, 0.2) is 11.6 Å². The molecule has 0 radical (unpaired) electrons. The van der Waals surface area contributed by atoms with E-state index in [4.69, 9.17) is 4.74 Å². The summed E-state index contributed by atoms with van der Waals surface area (Å²) in [7, 11) is 1.52. The number of allylic oxidation sites excluding steroid dienone is 2. The third kappa shape index (κ3) is 3.23. The highest BCUT2D eigenvalue weighted by Gasteiger charge is 2.73. The van der Waals surface area contributed by atoms with Crippen LogP contribution in [0.1, 0.15) is 99.8 Å². The Morgan fingerprint density at radius 1 is 1.00 bits per heavy atom. The summed E-state index contributed by atoms with van der Waals surface area (Å²) in [6, 6.07) is 2.22. The van der Waals surface area contributed by atoms with Gasteiger partial charge in [-0.3, -0.25) is 9.59 Å². The van der Waals surface area contributed by atoms with Gasteiger partial charge in [0, 0.05) is 5.41 Å². The molecule has 5 aliphatic rings. The molecule has 0 amide bonds. The summed E-state index contributed by atoms with van der Waals surface area (Å²) in [5.74, 6) is 0.300. The Morgan fingerprint density at radius 3 is 2.27 bits per heavy atom. The number of nitrogens with zero attached hydrogens (tertiary/aromatic N) is 1. The lowest BCUT2D eigenvalue weighted by Gasteiger charge is -2.73. The van der Waals surface area contributed by atoms with Crippen molar-refractivity contribution < 1.29 is 19.4 Å². The van der Waals surface area contributed by atoms with E-state index < -0.39 is 16.9 Å². The van der Waals surface area contributed by atoms with Gasteiger partial charge in [-0.1, -0.05) is 54.5 Å². The lowest BCUT2D eigenvalue weighted by molar-refractivity contribution is -0.260. The van der Waals surface area contributed by atoms with Gasteiger partial charge in [-0.05, 0) is 96.7 Å². The van der Waals surface area contributed by atoms with Crippen LogP contribution in [0, 0.1) is 67.5 Å². The molecule has 0 spiro atoms. The lowest BCUT2D eigenvalue weighted by Crippen LogP contribution is -2.70. The molecule has 5 aliphatic carbocycles. The summed E-state index contributed by atoms with van der Waals surface area (Å²) in [6.45, 7) is 15.7. The van der Waals surface area contributed by atoms with Crippen LogP contribution in [0.25, 0.3) is 0 Å². The average Bonchev–Trinajstić information content (AvgIpc) is 2.82. The van der Waals surface area contributed by atoms with Gasteiger partial charge >= 0.3 is 5.97 Å². The molecule has 0 aliphatic heterocycles. The molecule has 0 bridgehead atoms. The van der Waals surface area contributed by atoms with Crippen molar-refractivity contribution in [3.63, 3.8) is 0 Å². The van der Waals surface area contributed by atoms with E-state index in [-0.39, 0.29) is 62.7 Å². The minimum absolute atomic E-state index is 0.0268. The van der Waals surface area contributed by atoms with E-state index in [1.54, 1.807) is 0 Å². The summed E-state index contributed by atoms with van der Waals surface area (Å²) < 4.78 is 5.45. The smallest absolute Gasteiger partial charge is 0.312 e. The zero-order valence-corrected chi connectivity index (χ0v) is 24.2. The highest BCUT2D eigenvalue weighted by Crippen LogP contribution is 2.76. The van der Waals surface area contributed by atoms with E-state index >= 15 is 0 Å². The fraction of sp³-hybridized carbons (Fsp3) is 0.844. The Bertz CT molecular complexity index is 1100. The second-order valence-electron chi connectivity index (χ2n) is 15.5. The second-order valence-corrected chi connectivity index (χ2v) is 15.5. The number of carbonyl (C=O) groups excluding carboxylic acids is 2. The molecule has 204 valence electrons. The third-order valence-electron chi connectivity index (χ3n) is 13.3. The van der Waals surface area contributed by atoms with Gasteiger partial charge in [-0.15, -0.1) is 0 Å². The number of ketones is 1. The van der Waals surface area contributed by atoms with Gasteiger partial charge < -0.3 is 9.84 Å². The molecule has 5 heteroatoms. The first-order valence-electron chi connectivity index (χ1n) is 14.5. The quantitative estimate of drug-likeness (QED) is 0.422. The minimum Gasteiger partial charge on any atom is -0.469 e. The zero-order chi connectivity index (χ0) is 27.4. The number of fused-ring (bicyclic) bond motifs is 7. The molecule has 0 heterocycles. The van der Waals surface area contributed by atoms with Gasteiger partial charge in [-0.25, -0.2) is 0 Å². The van der Waals surface area contributed by atoms with Gasteiger partial charge in [0.2, 0.25) is 0 Å². The van der Waals surface area contributed by atoms with Crippen LogP contribution in [0.3, 0.4) is 0 Å². The number of aliphatic hydroxyl groups is 1. The van der Waals surface area contributed by atoms with Crippen molar-refractivity contribution in [1.29, 1.82) is 5.26 Å². The molecule has 9 atom stereocenters. The predicted molar refractivity (Wildman–Crippen MR) is 142 cm³/mol. The molecule has 5 nitrogen and oxygen atoms in total. The number of methoxy groups -OCH3 is 1. The van der Waals surface area contributed by atoms with Gasteiger partial charge in [-0.2, -0.15) is 5.26 Å².